The molecule has 1 aliphatic rings. The molecule has 158 valence electrons. The summed E-state index contributed by atoms with van der Waals surface area (Å²) >= 11 is 0. The van der Waals surface area contributed by atoms with Crippen molar-refractivity contribution in [2.45, 2.75) is 36.0 Å². The van der Waals surface area contributed by atoms with E-state index in [1.165, 1.54) is 42.6 Å². The van der Waals surface area contributed by atoms with Crippen LogP contribution in [-0.2, 0) is 20.0 Å². The standard InChI is InChI=1S/C19H23FN2O5S2/c1-14-12-16(7-8-17(14)20)28(23,24)21-15-6-9-18(27-2)19(13-15)29(25,26)22-10-4-3-5-11-22/h6-9,12-13,21H,3-5,10-11H2,1-2H3. The molecule has 1 N–H and O–H groups in total. The predicted octanol–water partition coefficient (Wildman–Crippen LogP) is 3.12. The number of aryl methyl sites for hydroxylation is 1. The van der Waals surface area contributed by atoms with Gasteiger partial charge in [-0.05, 0) is 61.7 Å². The number of nitrogens with zero attached hydrogens (tertiary/aromatic N) is 1. The minimum Gasteiger partial charge on any atom is -0.495 e. The zero-order chi connectivity index (χ0) is 21.2. The zero-order valence-corrected chi connectivity index (χ0v) is 17.8. The average Bonchev–Trinajstić information content (AvgIpc) is 2.70. The number of ether oxygens (including phenoxy) is 1. The Balaban J connectivity index is 1.97. The van der Waals surface area contributed by atoms with Gasteiger partial charge in [-0.1, -0.05) is 6.42 Å². The molecule has 0 aromatic heterocycles. The van der Waals surface area contributed by atoms with Crippen molar-refractivity contribution < 1.29 is 26.0 Å². The van der Waals surface area contributed by atoms with E-state index >= 15 is 0 Å². The molecule has 0 saturated carbocycles. The lowest BCUT2D eigenvalue weighted by atomic mass is 10.2. The maximum atomic E-state index is 13.5. The van der Waals surface area contributed by atoms with E-state index in [1.807, 2.05) is 0 Å². The van der Waals surface area contributed by atoms with Crippen LogP contribution in [0.3, 0.4) is 0 Å². The largest absolute Gasteiger partial charge is 0.495 e. The Hall–Kier alpha value is -2.17. The van der Waals surface area contributed by atoms with Gasteiger partial charge in [0, 0.05) is 13.1 Å². The summed E-state index contributed by atoms with van der Waals surface area (Å²) in [5, 5.41) is 0. The van der Waals surface area contributed by atoms with E-state index in [0.29, 0.717) is 13.1 Å². The van der Waals surface area contributed by atoms with Crippen molar-refractivity contribution in [1.82, 2.24) is 4.31 Å². The van der Waals surface area contributed by atoms with Crippen LogP contribution < -0.4 is 9.46 Å². The van der Waals surface area contributed by atoms with E-state index in [0.717, 1.165) is 31.4 Å². The Morgan fingerprint density at radius 3 is 2.31 bits per heavy atom. The first-order valence-corrected chi connectivity index (χ1v) is 12.0. The number of halogens is 1. The summed E-state index contributed by atoms with van der Waals surface area (Å²) in [7, 11) is -6.50. The van der Waals surface area contributed by atoms with E-state index in [2.05, 4.69) is 4.72 Å². The molecule has 0 radical (unpaired) electrons. The van der Waals surface area contributed by atoms with Crippen LogP contribution in [0.4, 0.5) is 10.1 Å². The second kappa shape index (κ2) is 8.29. The number of piperidine rings is 1. The topological polar surface area (TPSA) is 92.8 Å². The number of rotatable bonds is 6. The van der Waals surface area contributed by atoms with Gasteiger partial charge >= 0.3 is 0 Å². The van der Waals surface area contributed by atoms with Gasteiger partial charge < -0.3 is 4.74 Å². The summed E-state index contributed by atoms with van der Waals surface area (Å²) in [6.45, 7) is 2.29. The number of sulfonamides is 2. The highest BCUT2D eigenvalue weighted by Crippen LogP contribution is 2.32. The summed E-state index contributed by atoms with van der Waals surface area (Å²) in [6.07, 6.45) is 2.52. The predicted molar refractivity (Wildman–Crippen MR) is 108 cm³/mol. The molecule has 0 unspecified atom stereocenters. The van der Waals surface area contributed by atoms with Gasteiger partial charge in [-0.25, -0.2) is 21.2 Å². The Morgan fingerprint density at radius 2 is 1.69 bits per heavy atom. The minimum atomic E-state index is -4.03. The first-order chi connectivity index (χ1) is 13.6. The molecule has 2 aromatic carbocycles. The summed E-state index contributed by atoms with van der Waals surface area (Å²) in [5.74, 6) is -0.376. The van der Waals surface area contributed by atoms with Crippen LogP contribution in [0.25, 0.3) is 0 Å². The lowest BCUT2D eigenvalue weighted by Crippen LogP contribution is -2.35. The molecule has 7 nitrogen and oxygen atoms in total. The number of anilines is 1. The maximum absolute atomic E-state index is 13.5. The molecule has 0 amide bonds. The van der Waals surface area contributed by atoms with Crippen LogP contribution in [0.5, 0.6) is 5.75 Å². The molecule has 0 bridgehead atoms. The molecule has 10 heteroatoms. The minimum absolute atomic E-state index is 0.0726. The van der Waals surface area contributed by atoms with E-state index in [1.54, 1.807) is 0 Å². The quantitative estimate of drug-likeness (QED) is 0.742. The number of nitrogens with one attached hydrogen (secondary N) is 1. The van der Waals surface area contributed by atoms with Crippen LogP contribution in [0.2, 0.25) is 0 Å². The van der Waals surface area contributed by atoms with Crippen molar-refractivity contribution in [3.63, 3.8) is 0 Å². The van der Waals surface area contributed by atoms with Crippen molar-refractivity contribution >= 4 is 25.7 Å². The van der Waals surface area contributed by atoms with Crippen LogP contribution in [0.1, 0.15) is 24.8 Å². The number of hydrogen-bond acceptors (Lipinski definition) is 5. The summed E-state index contributed by atoms with van der Waals surface area (Å²) in [4.78, 5) is -0.218. The van der Waals surface area contributed by atoms with E-state index < -0.39 is 25.9 Å². The zero-order valence-electron chi connectivity index (χ0n) is 16.2. The lowest BCUT2D eigenvalue weighted by Gasteiger charge is -2.26. The first kappa shape index (κ1) is 21.5. The van der Waals surface area contributed by atoms with Crippen LogP contribution in [0.15, 0.2) is 46.2 Å². The van der Waals surface area contributed by atoms with Crippen molar-refractivity contribution in [2.75, 3.05) is 24.9 Å². The van der Waals surface area contributed by atoms with Gasteiger partial charge in [0.2, 0.25) is 10.0 Å². The molecule has 0 aliphatic carbocycles. The molecule has 1 aliphatic heterocycles. The van der Waals surface area contributed by atoms with E-state index in [9.17, 15) is 21.2 Å². The Kier molecular flexibility index (Phi) is 6.16. The normalized spacial score (nSPS) is 15.8. The number of benzene rings is 2. The molecule has 2 aromatic rings. The van der Waals surface area contributed by atoms with Gasteiger partial charge in [-0.15, -0.1) is 0 Å². The van der Waals surface area contributed by atoms with Gasteiger partial charge in [-0.2, -0.15) is 4.31 Å². The molecule has 1 fully saturated rings. The van der Waals surface area contributed by atoms with Crippen molar-refractivity contribution in [3.8, 4) is 5.75 Å². The second-order valence-corrected chi connectivity index (χ2v) is 10.4. The lowest BCUT2D eigenvalue weighted by molar-refractivity contribution is 0.343. The summed E-state index contributed by atoms with van der Waals surface area (Å²) < 4.78 is 73.8. The summed E-state index contributed by atoms with van der Waals surface area (Å²) in [5.41, 5.74) is 0.263. The molecular weight excluding hydrogens is 419 g/mol. The van der Waals surface area contributed by atoms with Gasteiger partial charge in [0.05, 0.1) is 17.7 Å². The highest BCUT2D eigenvalue weighted by atomic mass is 32.2. The third-order valence-electron chi connectivity index (χ3n) is 4.79. The molecule has 0 spiro atoms. The van der Waals surface area contributed by atoms with Gasteiger partial charge in [-0.3, -0.25) is 4.72 Å². The third kappa shape index (κ3) is 4.54. The molecule has 3 rings (SSSR count). The highest BCUT2D eigenvalue weighted by Gasteiger charge is 2.29. The van der Waals surface area contributed by atoms with Crippen LogP contribution >= 0.6 is 0 Å². The molecule has 0 atom stereocenters. The van der Waals surface area contributed by atoms with Crippen molar-refractivity contribution in [1.29, 1.82) is 0 Å². The second-order valence-electron chi connectivity index (χ2n) is 6.85. The average molecular weight is 443 g/mol. The monoisotopic (exact) mass is 442 g/mol. The van der Waals surface area contributed by atoms with Crippen LogP contribution in [0, 0.1) is 12.7 Å². The SMILES string of the molecule is COc1ccc(NS(=O)(=O)c2ccc(F)c(C)c2)cc1S(=O)(=O)N1CCCCC1. The summed E-state index contributed by atoms with van der Waals surface area (Å²) in [6, 6.07) is 7.51. The fraction of sp³-hybridized carbons (Fsp3) is 0.368. The first-order valence-electron chi connectivity index (χ1n) is 9.12. The number of methoxy groups -OCH3 is 1. The van der Waals surface area contributed by atoms with E-state index in [4.69, 9.17) is 4.74 Å². The van der Waals surface area contributed by atoms with Gasteiger partial charge in [0.1, 0.15) is 16.5 Å². The Bertz CT molecular complexity index is 1110. The molecule has 1 heterocycles. The van der Waals surface area contributed by atoms with E-state index in [-0.39, 0.29) is 26.8 Å². The fourth-order valence-corrected chi connectivity index (χ4v) is 6.02. The third-order valence-corrected chi connectivity index (χ3v) is 8.09. The molecule has 1 saturated heterocycles. The molecule has 29 heavy (non-hydrogen) atoms. The van der Waals surface area contributed by atoms with Crippen molar-refractivity contribution in [2.24, 2.45) is 0 Å². The van der Waals surface area contributed by atoms with Crippen LogP contribution in [-0.4, -0.2) is 41.3 Å². The maximum Gasteiger partial charge on any atom is 0.261 e. The van der Waals surface area contributed by atoms with Gasteiger partial charge in [0.25, 0.3) is 10.0 Å². The Labute approximate surface area is 170 Å². The van der Waals surface area contributed by atoms with Gasteiger partial charge in [0.15, 0.2) is 0 Å². The molecular formula is C19H23FN2O5S2. The fourth-order valence-electron chi connectivity index (χ4n) is 3.18. The Morgan fingerprint density at radius 1 is 1.00 bits per heavy atom. The smallest absolute Gasteiger partial charge is 0.261 e. The van der Waals surface area contributed by atoms with Crippen molar-refractivity contribution in [3.05, 3.63) is 47.8 Å². The number of hydrogen-bond donors (Lipinski definition) is 1. The highest BCUT2D eigenvalue weighted by molar-refractivity contribution is 7.92.